The van der Waals surface area contributed by atoms with Crippen molar-refractivity contribution in [3.8, 4) is 0 Å². The Hall–Kier alpha value is -1.35. The Bertz CT molecular complexity index is 505. The molecule has 1 amide bonds. The maximum atomic E-state index is 11.1. The van der Waals surface area contributed by atoms with Crippen molar-refractivity contribution < 1.29 is 4.79 Å². The van der Waals surface area contributed by atoms with Crippen LogP contribution in [0.4, 0.5) is 0 Å². The smallest absolute Gasteiger partial charge is 0.220 e. The first-order chi connectivity index (χ1) is 9.04. The van der Waals surface area contributed by atoms with E-state index >= 15 is 0 Å². The predicted molar refractivity (Wildman–Crippen MR) is 75.7 cm³/mol. The summed E-state index contributed by atoms with van der Waals surface area (Å²) in [4.78, 5) is 13.7. The second-order valence-corrected chi connectivity index (χ2v) is 6.26. The van der Waals surface area contributed by atoms with E-state index in [4.69, 9.17) is 5.73 Å². The number of hydrogen-bond acceptors (Lipinski definition) is 2. The van der Waals surface area contributed by atoms with Crippen LogP contribution in [0.25, 0.3) is 0 Å². The second kappa shape index (κ2) is 4.64. The summed E-state index contributed by atoms with van der Waals surface area (Å²) in [6.45, 7) is 6.57. The number of amides is 1. The molecule has 1 aromatic carbocycles. The van der Waals surface area contributed by atoms with E-state index in [-0.39, 0.29) is 11.8 Å². The molecule has 0 aromatic heterocycles. The molecule has 1 atom stereocenters. The normalized spacial score (nSPS) is 30.5. The number of nitrogens with two attached hydrogens (primary N) is 1. The van der Waals surface area contributed by atoms with Crippen molar-refractivity contribution in [1.82, 2.24) is 4.90 Å². The number of rotatable bonds is 2. The number of aryl methyl sites for hydroxylation is 1. The van der Waals surface area contributed by atoms with Crippen LogP contribution in [-0.4, -0.2) is 23.4 Å². The molecule has 0 spiro atoms. The molecular weight excluding hydrogens is 236 g/mol. The topological polar surface area (TPSA) is 46.3 Å². The molecule has 3 nitrogen and oxygen atoms in total. The summed E-state index contributed by atoms with van der Waals surface area (Å²) in [5, 5.41) is 0. The number of benzene rings is 1. The third-order valence-electron chi connectivity index (χ3n) is 4.74. The van der Waals surface area contributed by atoms with E-state index < -0.39 is 0 Å². The maximum Gasteiger partial charge on any atom is 0.220 e. The summed E-state index contributed by atoms with van der Waals surface area (Å²) >= 11 is 0. The van der Waals surface area contributed by atoms with Gasteiger partial charge in [0.2, 0.25) is 5.91 Å². The van der Waals surface area contributed by atoms with Crippen LogP contribution in [0.1, 0.15) is 42.4 Å². The molecule has 0 radical (unpaired) electrons. The van der Waals surface area contributed by atoms with Gasteiger partial charge in [0, 0.05) is 25.0 Å². The van der Waals surface area contributed by atoms with Crippen molar-refractivity contribution in [3.05, 3.63) is 34.9 Å². The minimum absolute atomic E-state index is 0.110. The third kappa shape index (κ3) is 2.27. The first-order valence-electron chi connectivity index (χ1n) is 7.17. The Morgan fingerprint density at radius 1 is 1.37 bits per heavy atom. The Balaban J connectivity index is 1.73. The first kappa shape index (κ1) is 12.7. The number of nitrogens with zero attached hydrogens (tertiary/aromatic N) is 1. The van der Waals surface area contributed by atoms with Crippen LogP contribution >= 0.6 is 0 Å². The van der Waals surface area contributed by atoms with Gasteiger partial charge in [-0.3, -0.25) is 9.69 Å². The van der Waals surface area contributed by atoms with E-state index in [1.165, 1.54) is 16.7 Å². The van der Waals surface area contributed by atoms with E-state index in [0.29, 0.717) is 12.0 Å². The van der Waals surface area contributed by atoms with E-state index in [1.807, 2.05) is 0 Å². The van der Waals surface area contributed by atoms with Crippen LogP contribution in [0.5, 0.6) is 0 Å². The van der Waals surface area contributed by atoms with Gasteiger partial charge in [-0.15, -0.1) is 0 Å². The molecule has 102 valence electrons. The quantitative estimate of drug-likeness (QED) is 0.883. The molecule has 1 heterocycles. The van der Waals surface area contributed by atoms with Crippen LogP contribution in [0.2, 0.25) is 0 Å². The van der Waals surface area contributed by atoms with Gasteiger partial charge < -0.3 is 5.73 Å². The zero-order valence-electron chi connectivity index (χ0n) is 11.7. The summed E-state index contributed by atoms with van der Waals surface area (Å²) in [5.41, 5.74) is 9.64. The van der Waals surface area contributed by atoms with Gasteiger partial charge >= 0.3 is 0 Å². The lowest BCUT2D eigenvalue weighted by Gasteiger charge is -2.45. The highest BCUT2D eigenvalue weighted by Gasteiger charge is 2.38. The van der Waals surface area contributed by atoms with Crippen LogP contribution in [0, 0.1) is 12.8 Å². The monoisotopic (exact) mass is 258 g/mol. The van der Waals surface area contributed by atoms with Gasteiger partial charge in [0.15, 0.2) is 0 Å². The van der Waals surface area contributed by atoms with Gasteiger partial charge in [0.05, 0.1) is 0 Å². The first-order valence-corrected chi connectivity index (χ1v) is 7.17. The van der Waals surface area contributed by atoms with Crippen molar-refractivity contribution in [2.45, 2.75) is 45.2 Å². The molecule has 1 unspecified atom stereocenters. The molecule has 3 heteroatoms. The Morgan fingerprint density at radius 3 is 2.79 bits per heavy atom. The SMILES string of the molecule is Cc1ccc2c(c1)CN(C1CC(C(N)=O)C1)CC2C. The zero-order valence-corrected chi connectivity index (χ0v) is 11.7. The fourth-order valence-corrected chi connectivity index (χ4v) is 3.48. The summed E-state index contributed by atoms with van der Waals surface area (Å²) in [6, 6.07) is 7.34. The largest absolute Gasteiger partial charge is 0.369 e. The number of hydrogen-bond donors (Lipinski definition) is 1. The highest BCUT2D eigenvalue weighted by atomic mass is 16.1. The highest BCUT2D eigenvalue weighted by molar-refractivity contribution is 5.77. The second-order valence-electron chi connectivity index (χ2n) is 6.26. The van der Waals surface area contributed by atoms with E-state index in [2.05, 4.69) is 36.9 Å². The number of fused-ring (bicyclic) bond motifs is 1. The average molecular weight is 258 g/mol. The summed E-state index contributed by atoms with van der Waals surface area (Å²) in [7, 11) is 0. The molecule has 1 aliphatic carbocycles. The predicted octanol–water partition coefficient (Wildman–Crippen LogP) is 2.18. The lowest BCUT2D eigenvalue weighted by Crippen LogP contribution is -2.50. The highest BCUT2D eigenvalue weighted by Crippen LogP contribution is 2.37. The molecule has 0 saturated heterocycles. The fraction of sp³-hybridized carbons (Fsp3) is 0.562. The van der Waals surface area contributed by atoms with E-state index in [1.54, 1.807) is 0 Å². The lowest BCUT2D eigenvalue weighted by atomic mass is 9.77. The number of carbonyl (C=O) groups excluding carboxylic acids is 1. The fourth-order valence-electron chi connectivity index (χ4n) is 3.48. The molecule has 1 saturated carbocycles. The van der Waals surface area contributed by atoms with Crippen LogP contribution in [0.3, 0.4) is 0 Å². The summed E-state index contributed by atoms with van der Waals surface area (Å²) < 4.78 is 0. The van der Waals surface area contributed by atoms with Gasteiger partial charge in [-0.2, -0.15) is 0 Å². The molecular formula is C16H22N2O. The molecule has 1 aliphatic heterocycles. The molecule has 2 aliphatic rings. The summed E-state index contributed by atoms with van der Waals surface area (Å²) in [5.74, 6) is 0.564. The van der Waals surface area contributed by atoms with Gasteiger partial charge in [-0.25, -0.2) is 0 Å². The molecule has 1 aromatic rings. The Morgan fingerprint density at radius 2 is 2.11 bits per heavy atom. The number of primary amides is 1. The summed E-state index contributed by atoms with van der Waals surface area (Å²) in [6.07, 6.45) is 1.90. The van der Waals surface area contributed by atoms with Crippen molar-refractivity contribution in [2.75, 3.05) is 6.54 Å². The molecule has 3 rings (SSSR count). The van der Waals surface area contributed by atoms with Crippen LogP contribution < -0.4 is 5.73 Å². The van der Waals surface area contributed by atoms with Crippen molar-refractivity contribution >= 4 is 5.91 Å². The van der Waals surface area contributed by atoms with Gasteiger partial charge in [-0.1, -0.05) is 30.7 Å². The van der Waals surface area contributed by atoms with Crippen molar-refractivity contribution in [1.29, 1.82) is 0 Å². The zero-order chi connectivity index (χ0) is 13.6. The minimum Gasteiger partial charge on any atom is -0.369 e. The minimum atomic E-state index is -0.127. The lowest BCUT2D eigenvalue weighted by molar-refractivity contribution is -0.126. The molecule has 19 heavy (non-hydrogen) atoms. The van der Waals surface area contributed by atoms with Gasteiger partial charge in [-0.05, 0) is 36.8 Å². The van der Waals surface area contributed by atoms with Gasteiger partial charge in [0.25, 0.3) is 0 Å². The molecule has 2 N–H and O–H groups in total. The van der Waals surface area contributed by atoms with Crippen molar-refractivity contribution in [2.24, 2.45) is 11.7 Å². The standard InChI is InChI=1S/C16H22N2O/c1-10-3-4-15-11(2)8-18(9-13(15)5-10)14-6-12(7-14)16(17)19/h3-5,11-12,14H,6-9H2,1-2H3,(H2,17,19). The van der Waals surface area contributed by atoms with Crippen molar-refractivity contribution in [3.63, 3.8) is 0 Å². The van der Waals surface area contributed by atoms with Gasteiger partial charge in [0.1, 0.15) is 0 Å². The third-order valence-corrected chi connectivity index (χ3v) is 4.74. The van der Waals surface area contributed by atoms with E-state index in [9.17, 15) is 4.79 Å². The number of carbonyl (C=O) groups is 1. The Labute approximate surface area is 114 Å². The molecule has 0 bridgehead atoms. The van der Waals surface area contributed by atoms with E-state index in [0.717, 1.165) is 25.9 Å². The Kier molecular flexibility index (Phi) is 3.09. The molecule has 1 fully saturated rings. The maximum absolute atomic E-state index is 11.1. The van der Waals surface area contributed by atoms with Crippen LogP contribution in [0.15, 0.2) is 18.2 Å². The van der Waals surface area contributed by atoms with Crippen LogP contribution in [-0.2, 0) is 11.3 Å². The average Bonchev–Trinajstić information content (AvgIpc) is 2.25.